The molecule has 1 aliphatic heterocycles. The predicted octanol–water partition coefficient (Wildman–Crippen LogP) is 3.71. The third-order valence-corrected chi connectivity index (χ3v) is 5.69. The van der Waals surface area contributed by atoms with Crippen molar-refractivity contribution in [2.45, 2.75) is 19.4 Å². The smallest absolute Gasteiger partial charge is 0.290 e. The van der Waals surface area contributed by atoms with E-state index in [2.05, 4.69) is 4.98 Å². The van der Waals surface area contributed by atoms with E-state index in [0.717, 1.165) is 22.2 Å². The van der Waals surface area contributed by atoms with Crippen molar-refractivity contribution in [1.29, 1.82) is 0 Å². The first-order valence-electron chi connectivity index (χ1n) is 9.97. The van der Waals surface area contributed by atoms with Crippen molar-refractivity contribution in [3.05, 3.63) is 71.1 Å². The van der Waals surface area contributed by atoms with Gasteiger partial charge in [-0.1, -0.05) is 12.1 Å². The Morgan fingerprint density at radius 2 is 1.87 bits per heavy atom. The first-order valence-corrected chi connectivity index (χ1v) is 9.97. The van der Waals surface area contributed by atoms with Gasteiger partial charge < -0.3 is 24.5 Å². The summed E-state index contributed by atoms with van der Waals surface area (Å²) in [4.78, 5) is 30.0. The molecule has 2 N–H and O–H groups in total. The van der Waals surface area contributed by atoms with Crippen molar-refractivity contribution in [2.24, 2.45) is 0 Å². The van der Waals surface area contributed by atoms with E-state index in [9.17, 15) is 14.7 Å². The highest BCUT2D eigenvalue weighted by molar-refractivity contribution is 6.08. The molecule has 1 aliphatic rings. The van der Waals surface area contributed by atoms with Gasteiger partial charge in [0.15, 0.2) is 11.5 Å². The maximum Gasteiger partial charge on any atom is 0.290 e. The van der Waals surface area contributed by atoms with Gasteiger partial charge in [0.2, 0.25) is 0 Å². The van der Waals surface area contributed by atoms with E-state index in [1.165, 1.54) is 6.92 Å². The zero-order valence-electron chi connectivity index (χ0n) is 17.6. The Hall–Kier alpha value is -3.74. The second kappa shape index (κ2) is 8.18. The molecule has 1 atom stereocenters. The highest BCUT2D eigenvalue weighted by Crippen LogP contribution is 2.39. The molecule has 0 unspecified atom stereocenters. The Morgan fingerprint density at radius 3 is 2.58 bits per heavy atom. The first kappa shape index (κ1) is 20.5. The quantitative estimate of drug-likeness (QED) is 0.608. The molecule has 0 aliphatic carbocycles. The molecule has 3 aromatic rings. The number of H-pyrrole nitrogens is 1. The van der Waals surface area contributed by atoms with Crippen LogP contribution in [0.5, 0.6) is 11.5 Å². The van der Waals surface area contributed by atoms with Crippen molar-refractivity contribution in [3.63, 3.8) is 0 Å². The number of carbonyl (C=O) groups is 2. The average molecular weight is 420 g/mol. The van der Waals surface area contributed by atoms with E-state index in [4.69, 9.17) is 9.47 Å². The Balaban J connectivity index is 1.67. The minimum absolute atomic E-state index is 0.110. The summed E-state index contributed by atoms with van der Waals surface area (Å²) in [7, 11) is 3.17. The number of nitrogens with zero attached hydrogens (tertiary/aromatic N) is 1. The largest absolute Gasteiger partial charge is 0.503 e. The molecule has 0 bridgehead atoms. The monoisotopic (exact) mass is 420 g/mol. The molecule has 1 aromatic heterocycles. The number of aliphatic hydroxyl groups is 1. The summed E-state index contributed by atoms with van der Waals surface area (Å²) in [6.07, 6.45) is 2.45. The van der Waals surface area contributed by atoms with Gasteiger partial charge in [-0.15, -0.1) is 0 Å². The van der Waals surface area contributed by atoms with Gasteiger partial charge in [0.25, 0.3) is 5.91 Å². The molecule has 0 radical (unpaired) electrons. The average Bonchev–Trinajstić information content (AvgIpc) is 3.30. The lowest BCUT2D eigenvalue weighted by Gasteiger charge is -2.26. The molecule has 7 heteroatoms. The van der Waals surface area contributed by atoms with Crippen LogP contribution in [0.2, 0.25) is 0 Å². The fraction of sp³-hybridized carbons (Fsp3) is 0.250. The van der Waals surface area contributed by atoms with Gasteiger partial charge in [0.1, 0.15) is 11.5 Å². The van der Waals surface area contributed by atoms with Gasteiger partial charge in [-0.25, -0.2) is 0 Å². The molecule has 4 rings (SSSR count). The SMILES string of the molecule is COc1cccc([C@@H]2C(C(C)=O)=C(O)C(=O)N2CCc2c[nH]c3ccc(OC)cc23)c1. The standard InChI is InChI=1S/C24H24N2O5/c1-14(27)21-22(15-5-4-6-17(11-15)30-2)26(24(29)23(21)28)10-9-16-13-25-20-8-7-18(31-3)12-19(16)20/h4-8,11-13,22,25,28H,9-10H2,1-3H3/t22-/m1/s1. The molecule has 31 heavy (non-hydrogen) atoms. The van der Waals surface area contributed by atoms with E-state index >= 15 is 0 Å². The second-order valence-corrected chi connectivity index (χ2v) is 7.47. The fourth-order valence-corrected chi connectivity index (χ4v) is 4.13. The molecule has 0 spiro atoms. The maximum atomic E-state index is 12.9. The number of Topliss-reactive ketones (excluding diaryl/α,β-unsaturated/α-hetero) is 1. The van der Waals surface area contributed by atoms with Crippen LogP contribution < -0.4 is 9.47 Å². The third kappa shape index (κ3) is 3.63. The predicted molar refractivity (Wildman–Crippen MR) is 116 cm³/mol. The number of carbonyl (C=O) groups excluding carboxylic acids is 2. The fourth-order valence-electron chi connectivity index (χ4n) is 4.13. The third-order valence-electron chi connectivity index (χ3n) is 5.69. The normalized spacial score (nSPS) is 16.3. The van der Waals surface area contributed by atoms with Gasteiger partial charge in [-0.05, 0) is 54.8 Å². The molecule has 0 fully saturated rings. The Labute approximate surface area is 179 Å². The summed E-state index contributed by atoms with van der Waals surface area (Å²) < 4.78 is 10.6. The lowest BCUT2D eigenvalue weighted by Crippen LogP contribution is -2.32. The molecule has 0 saturated carbocycles. The topological polar surface area (TPSA) is 91.9 Å². The van der Waals surface area contributed by atoms with Crippen molar-refractivity contribution in [2.75, 3.05) is 20.8 Å². The Bertz CT molecular complexity index is 1190. The second-order valence-electron chi connectivity index (χ2n) is 7.47. The van der Waals surface area contributed by atoms with Crippen LogP contribution >= 0.6 is 0 Å². The van der Waals surface area contributed by atoms with Crippen LogP contribution in [0.1, 0.15) is 24.1 Å². The number of hydrogen-bond donors (Lipinski definition) is 2. The van der Waals surface area contributed by atoms with Crippen LogP contribution in [0.4, 0.5) is 0 Å². The molecule has 0 saturated heterocycles. The van der Waals surface area contributed by atoms with Crippen LogP contribution in [-0.2, 0) is 16.0 Å². The molecular formula is C24H24N2O5. The highest BCUT2D eigenvalue weighted by atomic mass is 16.5. The van der Waals surface area contributed by atoms with Crippen LogP contribution in [0, 0.1) is 0 Å². The number of fused-ring (bicyclic) bond motifs is 1. The number of rotatable bonds is 7. The van der Waals surface area contributed by atoms with E-state index in [1.807, 2.05) is 30.5 Å². The molecule has 160 valence electrons. The van der Waals surface area contributed by atoms with E-state index in [-0.39, 0.29) is 11.4 Å². The summed E-state index contributed by atoms with van der Waals surface area (Å²) in [5.74, 6) is -0.00435. The van der Waals surface area contributed by atoms with Crippen molar-refractivity contribution in [1.82, 2.24) is 9.88 Å². The van der Waals surface area contributed by atoms with Gasteiger partial charge in [0.05, 0.1) is 25.8 Å². The number of benzene rings is 2. The van der Waals surface area contributed by atoms with Crippen LogP contribution in [0.25, 0.3) is 10.9 Å². The number of aliphatic hydroxyl groups excluding tert-OH is 1. The minimum Gasteiger partial charge on any atom is -0.503 e. The summed E-state index contributed by atoms with van der Waals surface area (Å²) in [6.45, 7) is 1.69. The molecule has 1 amide bonds. The van der Waals surface area contributed by atoms with Crippen molar-refractivity contribution in [3.8, 4) is 11.5 Å². The van der Waals surface area contributed by atoms with E-state index in [1.54, 1.807) is 37.3 Å². The summed E-state index contributed by atoms with van der Waals surface area (Å²) in [5.41, 5.74) is 2.81. The molecule has 2 aromatic carbocycles. The zero-order chi connectivity index (χ0) is 22.1. The van der Waals surface area contributed by atoms with Crippen LogP contribution in [0.15, 0.2) is 60.0 Å². The Morgan fingerprint density at radius 1 is 1.13 bits per heavy atom. The Kier molecular flexibility index (Phi) is 5.42. The van der Waals surface area contributed by atoms with Crippen LogP contribution in [0.3, 0.4) is 0 Å². The molecule has 7 nitrogen and oxygen atoms in total. The number of nitrogens with one attached hydrogen (secondary N) is 1. The number of ketones is 1. The first-order chi connectivity index (χ1) is 14.9. The number of methoxy groups -OCH3 is 2. The van der Waals surface area contributed by atoms with Crippen LogP contribution in [-0.4, -0.2) is 47.4 Å². The number of aromatic nitrogens is 1. The van der Waals surface area contributed by atoms with Gasteiger partial charge in [-0.2, -0.15) is 0 Å². The lowest BCUT2D eigenvalue weighted by atomic mass is 9.96. The number of hydrogen-bond acceptors (Lipinski definition) is 5. The van der Waals surface area contributed by atoms with Crippen molar-refractivity contribution >= 4 is 22.6 Å². The van der Waals surface area contributed by atoms with Gasteiger partial charge in [0, 0.05) is 23.6 Å². The summed E-state index contributed by atoms with van der Waals surface area (Å²) in [5, 5.41) is 11.5. The number of amides is 1. The summed E-state index contributed by atoms with van der Waals surface area (Å²) >= 11 is 0. The van der Waals surface area contributed by atoms with Crippen molar-refractivity contribution < 1.29 is 24.2 Å². The summed E-state index contributed by atoms with van der Waals surface area (Å²) in [6, 6.07) is 12.3. The number of aromatic amines is 1. The number of ether oxygens (including phenoxy) is 2. The lowest BCUT2D eigenvalue weighted by molar-refractivity contribution is -0.129. The van der Waals surface area contributed by atoms with E-state index in [0.29, 0.717) is 24.3 Å². The maximum absolute atomic E-state index is 12.9. The molecular weight excluding hydrogens is 396 g/mol. The van der Waals surface area contributed by atoms with Gasteiger partial charge in [-0.3, -0.25) is 9.59 Å². The molecule has 2 heterocycles. The minimum atomic E-state index is -0.667. The highest BCUT2D eigenvalue weighted by Gasteiger charge is 2.42. The zero-order valence-corrected chi connectivity index (χ0v) is 17.6. The van der Waals surface area contributed by atoms with E-state index < -0.39 is 17.7 Å². The van der Waals surface area contributed by atoms with Gasteiger partial charge >= 0.3 is 0 Å².